The molecule has 2 saturated heterocycles. The molecule has 1 saturated carbocycles. The monoisotopic (exact) mass is 311 g/mol. The van der Waals surface area contributed by atoms with Gasteiger partial charge in [-0.05, 0) is 50.6 Å². The zero-order valence-electron chi connectivity index (χ0n) is 12.1. The van der Waals surface area contributed by atoms with Crippen molar-refractivity contribution >= 4 is 18.3 Å². The van der Waals surface area contributed by atoms with Crippen LogP contribution in [0, 0.1) is 5.41 Å². The minimum atomic E-state index is 0. The first kappa shape index (κ1) is 14.9. The quantitative estimate of drug-likeness (QED) is 0.909. The number of likely N-dealkylation sites (tertiary alicyclic amines) is 1. The van der Waals surface area contributed by atoms with Gasteiger partial charge < -0.3 is 14.7 Å². The number of carbonyl (C=O) groups excluding carboxylic acids is 1. The van der Waals surface area contributed by atoms with Crippen molar-refractivity contribution < 1.29 is 9.32 Å². The van der Waals surface area contributed by atoms with Gasteiger partial charge in [-0.15, -0.1) is 12.4 Å². The van der Waals surface area contributed by atoms with E-state index in [2.05, 4.69) is 10.5 Å². The van der Waals surface area contributed by atoms with Crippen molar-refractivity contribution in [2.24, 2.45) is 5.41 Å². The van der Waals surface area contributed by atoms with E-state index in [1.54, 1.807) is 0 Å². The molecule has 0 atom stereocenters. The summed E-state index contributed by atoms with van der Waals surface area (Å²) in [5.41, 5.74) is 0.849. The summed E-state index contributed by atoms with van der Waals surface area (Å²) in [4.78, 5) is 14.5. The maximum Gasteiger partial charge on any atom is 0.276 e. The molecule has 0 radical (unpaired) electrons. The van der Waals surface area contributed by atoms with Crippen LogP contribution >= 0.6 is 12.4 Å². The molecule has 2 aliphatic heterocycles. The van der Waals surface area contributed by atoms with Crippen molar-refractivity contribution in [3.63, 3.8) is 0 Å². The molecule has 1 aromatic rings. The summed E-state index contributed by atoms with van der Waals surface area (Å²) in [6.45, 7) is 3.92. The highest BCUT2D eigenvalue weighted by atomic mass is 35.5. The number of aromatic nitrogens is 1. The summed E-state index contributed by atoms with van der Waals surface area (Å²) in [5.74, 6) is 1.46. The topological polar surface area (TPSA) is 58.4 Å². The molecule has 3 heterocycles. The van der Waals surface area contributed by atoms with E-state index < -0.39 is 0 Å². The van der Waals surface area contributed by atoms with Gasteiger partial charge >= 0.3 is 0 Å². The third-order valence-electron chi connectivity index (χ3n) is 5.12. The van der Waals surface area contributed by atoms with Gasteiger partial charge in [0.1, 0.15) is 5.76 Å². The van der Waals surface area contributed by atoms with Crippen LogP contribution in [-0.4, -0.2) is 42.1 Å². The lowest BCUT2D eigenvalue weighted by Crippen LogP contribution is -2.39. The molecule has 0 unspecified atom stereocenters. The third kappa shape index (κ3) is 2.81. The molecule has 1 aliphatic carbocycles. The third-order valence-corrected chi connectivity index (χ3v) is 5.12. The Morgan fingerprint density at radius 3 is 2.81 bits per heavy atom. The summed E-state index contributed by atoms with van der Waals surface area (Å²) in [5, 5.41) is 7.38. The average molecular weight is 312 g/mol. The van der Waals surface area contributed by atoms with Crippen molar-refractivity contribution in [2.45, 2.75) is 38.0 Å². The Bertz CT molecular complexity index is 521. The maximum absolute atomic E-state index is 12.5. The first-order chi connectivity index (χ1) is 9.76. The van der Waals surface area contributed by atoms with Gasteiger partial charge in [0.05, 0.1) is 0 Å². The molecular weight excluding hydrogens is 290 g/mol. The van der Waals surface area contributed by atoms with Crippen LogP contribution in [-0.2, 0) is 0 Å². The molecule has 21 heavy (non-hydrogen) atoms. The Balaban J connectivity index is 0.00000132. The highest BCUT2D eigenvalue weighted by Crippen LogP contribution is 2.41. The van der Waals surface area contributed by atoms with E-state index in [-0.39, 0.29) is 18.3 Å². The SMILES string of the molecule is Cl.O=C(c1cc(C2CC2)on1)N1CCC2(CCNCC2)C1. The minimum Gasteiger partial charge on any atom is -0.360 e. The average Bonchev–Trinajstić information content (AvgIpc) is 3.07. The van der Waals surface area contributed by atoms with Crippen molar-refractivity contribution in [2.75, 3.05) is 26.2 Å². The molecule has 6 heteroatoms. The first-order valence-electron chi connectivity index (χ1n) is 7.72. The molecule has 1 aromatic heterocycles. The Labute approximate surface area is 130 Å². The fraction of sp³-hybridized carbons (Fsp3) is 0.733. The number of hydrogen-bond donors (Lipinski definition) is 1. The van der Waals surface area contributed by atoms with E-state index in [1.807, 2.05) is 11.0 Å². The maximum atomic E-state index is 12.5. The van der Waals surface area contributed by atoms with E-state index in [0.717, 1.165) is 38.4 Å². The second-order valence-corrected chi connectivity index (χ2v) is 6.62. The molecule has 1 spiro atoms. The fourth-order valence-corrected chi connectivity index (χ4v) is 3.59. The molecule has 1 amide bonds. The number of piperidine rings is 1. The summed E-state index contributed by atoms with van der Waals surface area (Å²) in [7, 11) is 0. The largest absolute Gasteiger partial charge is 0.360 e. The molecule has 4 rings (SSSR count). The highest BCUT2D eigenvalue weighted by Gasteiger charge is 2.41. The summed E-state index contributed by atoms with van der Waals surface area (Å²) in [6.07, 6.45) is 5.84. The van der Waals surface area contributed by atoms with E-state index >= 15 is 0 Å². The van der Waals surface area contributed by atoms with E-state index in [1.165, 1.54) is 25.7 Å². The van der Waals surface area contributed by atoms with E-state index in [9.17, 15) is 4.79 Å². The minimum absolute atomic E-state index is 0. The van der Waals surface area contributed by atoms with Gasteiger partial charge in [-0.25, -0.2) is 0 Å². The van der Waals surface area contributed by atoms with E-state index in [4.69, 9.17) is 4.52 Å². The lowest BCUT2D eigenvalue weighted by molar-refractivity contribution is 0.0751. The Morgan fingerprint density at radius 1 is 1.33 bits per heavy atom. The molecule has 3 aliphatic rings. The molecule has 1 N–H and O–H groups in total. The second kappa shape index (κ2) is 5.61. The molecule has 3 fully saturated rings. The van der Waals surface area contributed by atoms with Gasteiger partial charge in [-0.1, -0.05) is 5.16 Å². The lowest BCUT2D eigenvalue weighted by atomic mass is 9.78. The lowest BCUT2D eigenvalue weighted by Gasteiger charge is -2.33. The van der Waals surface area contributed by atoms with Crippen LogP contribution in [0.5, 0.6) is 0 Å². The number of nitrogens with one attached hydrogen (secondary N) is 1. The zero-order chi connectivity index (χ0) is 13.6. The fourth-order valence-electron chi connectivity index (χ4n) is 3.59. The zero-order valence-corrected chi connectivity index (χ0v) is 13.0. The highest BCUT2D eigenvalue weighted by molar-refractivity contribution is 5.92. The standard InChI is InChI=1S/C15H21N3O2.ClH/c19-14(12-9-13(20-17-12)11-1-2-11)18-8-5-15(10-18)3-6-16-7-4-15;/h9,11,16H,1-8,10H2;1H. The predicted molar refractivity (Wildman–Crippen MR) is 80.8 cm³/mol. The van der Waals surface area contributed by atoms with Crippen molar-refractivity contribution in [3.8, 4) is 0 Å². The Morgan fingerprint density at radius 2 is 2.10 bits per heavy atom. The van der Waals surface area contributed by atoms with E-state index in [0.29, 0.717) is 17.0 Å². The molecular formula is C15H22ClN3O2. The molecule has 116 valence electrons. The number of hydrogen-bond acceptors (Lipinski definition) is 4. The van der Waals surface area contributed by atoms with Gasteiger partial charge in [0.25, 0.3) is 5.91 Å². The van der Waals surface area contributed by atoms with Crippen LogP contribution in [0.2, 0.25) is 0 Å². The Kier molecular flexibility index (Phi) is 3.97. The number of amides is 1. The van der Waals surface area contributed by atoms with Gasteiger partial charge in [0.2, 0.25) is 0 Å². The predicted octanol–water partition coefficient (Wildman–Crippen LogP) is 2.19. The van der Waals surface area contributed by atoms with Crippen LogP contribution in [0.1, 0.15) is 54.3 Å². The van der Waals surface area contributed by atoms with Crippen LogP contribution in [0.3, 0.4) is 0 Å². The summed E-state index contributed by atoms with van der Waals surface area (Å²) >= 11 is 0. The number of nitrogens with zero attached hydrogens (tertiary/aromatic N) is 2. The Hall–Kier alpha value is -1.07. The van der Waals surface area contributed by atoms with Crippen molar-refractivity contribution in [1.29, 1.82) is 0 Å². The van der Waals surface area contributed by atoms with Crippen molar-refractivity contribution in [3.05, 3.63) is 17.5 Å². The molecule has 5 nitrogen and oxygen atoms in total. The van der Waals surface area contributed by atoms with Crippen LogP contribution in [0.15, 0.2) is 10.6 Å². The van der Waals surface area contributed by atoms with Crippen LogP contribution in [0.25, 0.3) is 0 Å². The van der Waals surface area contributed by atoms with Gasteiger partial charge in [-0.2, -0.15) is 0 Å². The van der Waals surface area contributed by atoms with Crippen molar-refractivity contribution in [1.82, 2.24) is 15.4 Å². The molecule has 0 aromatic carbocycles. The number of rotatable bonds is 2. The number of halogens is 1. The van der Waals surface area contributed by atoms with Gasteiger partial charge in [0, 0.05) is 25.1 Å². The first-order valence-corrected chi connectivity index (χ1v) is 7.72. The molecule has 0 bridgehead atoms. The second-order valence-electron chi connectivity index (χ2n) is 6.62. The van der Waals surface area contributed by atoms with Crippen LogP contribution < -0.4 is 5.32 Å². The normalized spacial score (nSPS) is 24.1. The smallest absolute Gasteiger partial charge is 0.276 e. The van der Waals surface area contributed by atoms with Gasteiger partial charge in [-0.3, -0.25) is 4.79 Å². The van der Waals surface area contributed by atoms with Crippen LogP contribution in [0.4, 0.5) is 0 Å². The summed E-state index contributed by atoms with van der Waals surface area (Å²) in [6, 6.07) is 1.85. The summed E-state index contributed by atoms with van der Waals surface area (Å²) < 4.78 is 5.30. The number of carbonyl (C=O) groups is 1. The van der Waals surface area contributed by atoms with Gasteiger partial charge in [0.15, 0.2) is 5.69 Å².